The number of anilines is 2. The topological polar surface area (TPSA) is 69.6 Å². The molecule has 3 aromatic rings. The Morgan fingerprint density at radius 2 is 1.52 bits per heavy atom. The second-order valence-corrected chi connectivity index (χ2v) is 11.6. The van der Waals surface area contributed by atoms with Gasteiger partial charge in [0, 0.05) is 16.8 Å². The van der Waals surface area contributed by atoms with Crippen LogP contribution in [-0.2, 0) is 21.8 Å². The highest BCUT2D eigenvalue weighted by Crippen LogP contribution is 2.57. The van der Waals surface area contributed by atoms with E-state index in [2.05, 4.69) is 5.09 Å². The zero-order valence-electron chi connectivity index (χ0n) is 14.4. The van der Waals surface area contributed by atoms with Gasteiger partial charge in [-0.2, -0.15) is 4.08 Å². The van der Waals surface area contributed by atoms with Crippen molar-refractivity contribution in [3.63, 3.8) is 0 Å². The van der Waals surface area contributed by atoms with E-state index in [0.29, 0.717) is 16.9 Å². The zero-order chi connectivity index (χ0) is 19.2. The Balaban J connectivity index is 2.01. The maximum Gasteiger partial charge on any atom is 0.271 e. The van der Waals surface area contributed by atoms with Crippen molar-refractivity contribution in [1.82, 2.24) is 0 Å². The number of rotatable bonds is 2. The molecule has 0 amide bonds. The van der Waals surface area contributed by atoms with Crippen LogP contribution in [0.25, 0.3) is 11.1 Å². The molecule has 138 valence electrons. The van der Waals surface area contributed by atoms with Crippen LogP contribution in [0.1, 0.15) is 5.56 Å². The summed E-state index contributed by atoms with van der Waals surface area (Å²) >= 11 is 5.43. The molecule has 0 aliphatic carbocycles. The van der Waals surface area contributed by atoms with Gasteiger partial charge in [0.2, 0.25) is 0 Å². The third-order valence-corrected chi connectivity index (χ3v) is 9.57. The van der Waals surface area contributed by atoms with Crippen LogP contribution < -0.4 is 9.16 Å². The second-order valence-electron chi connectivity index (χ2n) is 6.28. The first-order chi connectivity index (χ1) is 12.8. The second kappa shape index (κ2) is 6.46. The van der Waals surface area contributed by atoms with Crippen molar-refractivity contribution < 1.29 is 13.3 Å². The van der Waals surface area contributed by atoms with Gasteiger partial charge in [-0.05, 0) is 43.0 Å². The van der Waals surface area contributed by atoms with Crippen molar-refractivity contribution in [2.75, 3.05) is 9.16 Å². The van der Waals surface area contributed by atoms with E-state index in [1.165, 1.54) is 12.1 Å². The van der Waals surface area contributed by atoms with Crippen LogP contribution in [0.4, 0.5) is 11.4 Å². The Morgan fingerprint density at radius 1 is 0.926 bits per heavy atom. The maximum absolute atomic E-state index is 13.5. The van der Waals surface area contributed by atoms with E-state index in [1.54, 1.807) is 30.3 Å². The highest BCUT2D eigenvalue weighted by molar-refractivity contribution is 8.19. The van der Waals surface area contributed by atoms with Crippen molar-refractivity contribution in [2.24, 2.45) is 0 Å². The van der Waals surface area contributed by atoms with E-state index in [-0.39, 0.29) is 4.90 Å². The fraction of sp³-hybridized carbons (Fsp3) is 0.0526. The van der Waals surface area contributed by atoms with Crippen molar-refractivity contribution in [1.29, 1.82) is 0 Å². The molecule has 0 radical (unpaired) electrons. The van der Waals surface area contributed by atoms with Crippen LogP contribution in [0.3, 0.4) is 0 Å². The lowest BCUT2D eigenvalue weighted by Crippen LogP contribution is -2.30. The first kappa shape index (κ1) is 18.2. The summed E-state index contributed by atoms with van der Waals surface area (Å²) in [6.45, 7) is -1.79. The lowest BCUT2D eigenvalue weighted by atomic mass is 10.0. The molecule has 1 atom stereocenters. The first-order valence-electron chi connectivity index (χ1n) is 8.23. The number of hydrogen-bond donors (Lipinski definition) is 2. The van der Waals surface area contributed by atoms with E-state index in [9.17, 15) is 13.3 Å². The molecule has 1 aliphatic rings. The monoisotopic (exact) mass is 416 g/mol. The van der Waals surface area contributed by atoms with Gasteiger partial charge >= 0.3 is 0 Å². The molecule has 0 fully saturated rings. The third kappa shape index (κ3) is 3.07. The summed E-state index contributed by atoms with van der Waals surface area (Å²) in [5.41, 5.74) is 3.40. The molecule has 5 nitrogen and oxygen atoms in total. The number of benzene rings is 3. The molecule has 0 saturated carbocycles. The van der Waals surface area contributed by atoms with E-state index in [4.69, 9.17) is 11.8 Å². The van der Waals surface area contributed by atoms with Crippen LogP contribution in [0.2, 0.25) is 0 Å². The molecular weight excluding hydrogens is 399 g/mol. The Bertz CT molecular complexity index is 1180. The van der Waals surface area contributed by atoms with Gasteiger partial charge in [-0.1, -0.05) is 54.1 Å². The average Bonchev–Trinajstić information content (AvgIpc) is 2.72. The highest BCUT2D eigenvalue weighted by Gasteiger charge is 2.40. The molecule has 0 spiro atoms. The Kier molecular flexibility index (Phi) is 4.35. The van der Waals surface area contributed by atoms with Gasteiger partial charge in [-0.25, -0.2) is 8.42 Å². The number of sulfonamides is 1. The third-order valence-electron chi connectivity index (χ3n) is 4.39. The molecule has 4 rings (SSSR count). The van der Waals surface area contributed by atoms with Gasteiger partial charge in [0.05, 0.1) is 10.6 Å². The highest BCUT2D eigenvalue weighted by atomic mass is 32.5. The number of fused-ring (bicyclic) bond motifs is 3. The Hall–Kier alpha value is -2.18. The predicted molar refractivity (Wildman–Crippen MR) is 113 cm³/mol. The van der Waals surface area contributed by atoms with Gasteiger partial charge in [0.1, 0.15) is 0 Å². The van der Waals surface area contributed by atoms with Gasteiger partial charge in [0.25, 0.3) is 16.6 Å². The molecular formula is C19H17N2O3PS2. The summed E-state index contributed by atoms with van der Waals surface area (Å²) in [6, 6.07) is 20.9. The molecule has 0 aromatic heterocycles. The molecule has 2 N–H and O–H groups in total. The van der Waals surface area contributed by atoms with Gasteiger partial charge in [-0.3, -0.25) is 0 Å². The van der Waals surface area contributed by atoms with Crippen molar-refractivity contribution in [2.45, 2.75) is 11.8 Å². The molecule has 1 heterocycles. The average molecular weight is 416 g/mol. The van der Waals surface area contributed by atoms with Crippen molar-refractivity contribution in [3.05, 3.63) is 78.4 Å². The molecule has 1 aliphatic heterocycles. The summed E-state index contributed by atoms with van der Waals surface area (Å²) < 4.78 is 27.9. The minimum absolute atomic E-state index is 0.0823. The SMILES string of the molecule is Cc1ccc(S(=O)(=O)N2c3ccccc3-c3ccccc3NP2(O)=S)cc1. The summed E-state index contributed by atoms with van der Waals surface area (Å²) in [5, 5.41) is 2.91. The Labute approximate surface area is 163 Å². The van der Waals surface area contributed by atoms with Crippen LogP contribution in [0, 0.1) is 6.92 Å². The summed E-state index contributed by atoms with van der Waals surface area (Å²) in [5.74, 6) is 0. The van der Waals surface area contributed by atoms with Crippen LogP contribution >= 0.6 is 6.57 Å². The molecule has 0 bridgehead atoms. The predicted octanol–water partition coefficient (Wildman–Crippen LogP) is 4.50. The van der Waals surface area contributed by atoms with Crippen molar-refractivity contribution >= 4 is 39.8 Å². The molecule has 0 saturated heterocycles. The number of para-hydroxylation sites is 2. The van der Waals surface area contributed by atoms with Crippen LogP contribution in [0.15, 0.2) is 77.7 Å². The number of nitrogens with zero attached hydrogens (tertiary/aromatic N) is 1. The van der Waals surface area contributed by atoms with E-state index in [1.807, 2.05) is 37.3 Å². The summed E-state index contributed by atoms with van der Waals surface area (Å²) in [7, 11) is -4.07. The van der Waals surface area contributed by atoms with Gasteiger partial charge in [-0.15, -0.1) is 0 Å². The number of nitrogens with one attached hydrogen (secondary N) is 1. The van der Waals surface area contributed by atoms with Crippen LogP contribution in [0.5, 0.6) is 0 Å². The Morgan fingerprint density at radius 3 is 2.22 bits per heavy atom. The number of hydrogen-bond acceptors (Lipinski definition) is 3. The minimum Gasteiger partial charge on any atom is -0.334 e. The minimum atomic E-state index is -4.07. The van der Waals surface area contributed by atoms with E-state index in [0.717, 1.165) is 15.2 Å². The molecule has 8 heteroatoms. The maximum atomic E-state index is 13.5. The normalized spacial score (nSPS) is 18.8. The standard InChI is InChI=1S/C19H17N2O3PS2/c1-14-10-12-15(13-11-14)27(23,24)21-19-9-5-3-7-17(19)16-6-2-4-8-18(16)20-25(21,22)26/h2-13H,1H3,(H2,20,22,26). The molecule has 1 unspecified atom stereocenters. The smallest absolute Gasteiger partial charge is 0.271 e. The van der Waals surface area contributed by atoms with Crippen LogP contribution in [-0.4, -0.2) is 13.3 Å². The quantitative estimate of drug-likeness (QED) is 0.602. The fourth-order valence-electron chi connectivity index (χ4n) is 3.12. The van der Waals surface area contributed by atoms with E-state index < -0.39 is 16.6 Å². The largest absolute Gasteiger partial charge is 0.334 e. The van der Waals surface area contributed by atoms with Gasteiger partial charge < -0.3 is 9.98 Å². The van der Waals surface area contributed by atoms with E-state index >= 15 is 0 Å². The molecule has 3 aromatic carbocycles. The number of aryl methyl sites for hydroxylation is 1. The lowest BCUT2D eigenvalue weighted by Gasteiger charge is -2.31. The lowest BCUT2D eigenvalue weighted by molar-refractivity contribution is 0.591. The summed E-state index contributed by atoms with van der Waals surface area (Å²) in [4.78, 5) is 11.2. The molecule has 27 heavy (non-hydrogen) atoms. The fourth-order valence-corrected chi connectivity index (χ4v) is 8.20. The summed E-state index contributed by atoms with van der Waals surface area (Å²) in [6.07, 6.45) is 0. The zero-order valence-corrected chi connectivity index (χ0v) is 16.9. The first-order valence-corrected chi connectivity index (χ1v) is 12.4. The van der Waals surface area contributed by atoms with Gasteiger partial charge in [0.15, 0.2) is 0 Å². The van der Waals surface area contributed by atoms with Crippen molar-refractivity contribution in [3.8, 4) is 11.1 Å².